The van der Waals surface area contributed by atoms with Crippen molar-refractivity contribution >= 4 is 11.9 Å². The van der Waals surface area contributed by atoms with E-state index in [1.807, 2.05) is 0 Å². The summed E-state index contributed by atoms with van der Waals surface area (Å²) in [5.41, 5.74) is 0. The van der Waals surface area contributed by atoms with Gasteiger partial charge < -0.3 is 9.26 Å². The summed E-state index contributed by atoms with van der Waals surface area (Å²) >= 11 is 0. The topological polar surface area (TPSA) is 106 Å². The number of nitrogens with one attached hydrogen (secondary N) is 2. The SMILES string of the molecule is COc1cc(CCC(=O)Nc2ncn[nH]2)on1. The molecule has 2 aromatic rings. The molecule has 1 amide bonds. The predicted octanol–water partition coefficient (Wildman–Crippen LogP) is 0.373. The summed E-state index contributed by atoms with van der Waals surface area (Å²) in [6.07, 6.45) is 2.02. The van der Waals surface area contributed by atoms with E-state index in [2.05, 4.69) is 25.7 Å². The Labute approximate surface area is 96.4 Å². The van der Waals surface area contributed by atoms with E-state index in [-0.39, 0.29) is 12.3 Å². The second-order valence-corrected chi connectivity index (χ2v) is 3.22. The van der Waals surface area contributed by atoms with Gasteiger partial charge in [0.05, 0.1) is 7.11 Å². The Hall–Kier alpha value is -2.38. The molecule has 0 unspecified atom stereocenters. The van der Waals surface area contributed by atoms with Crippen molar-refractivity contribution in [2.24, 2.45) is 0 Å². The van der Waals surface area contributed by atoms with Crippen LogP contribution in [0.1, 0.15) is 12.2 Å². The Bertz CT molecular complexity index is 479. The van der Waals surface area contributed by atoms with Gasteiger partial charge >= 0.3 is 0 Å². The van der Waals surface area contributed by atoms with Crippen LogP contribution in [0.3, 0.4) is 0 Å². The van der Waals surface area contributed by atoms with Crippen molar-refractivity contribution in [3.05, 3.63) is 18.2 Å². The molecule has 8 heteroatoms. The van der Waals surface area contributed by atoms with Gasteiger partial charge in [0.1, 0.15) is 12.1 Å². The molecule has 0 aliphatic heterocycles. The van der Waals surface area contributed by atoms with Crippen molar-refractivity contribution in [1.82, 2.24) is 20.3 Å². The van der Waals surface area contributed by atoms with Gasteiger partial charge in [-0.05, 0) is 5.16 Å². The molecular formula is C9H11N5O3. The fourth-order valence-corrected chi connectivity index (χ4v) is 1.21. The van der Waals surface area contributed by atoms with Crippen LogP contribution in [0.2, 0.25) is 0 Å². The lowest BCUT2D eigenvalue weighted by molar-refractivity contribution is -0.116. The average Bonchev–Trinajstić information content (AvgIpc) is 2.96. The zero-order chi connectivity index (χ0) is 12.1. The quantitative estimate of drug-likeness (QED) is 0.778. The Balaban J connectivity index is 1.79. The fourth-order valence-electron chi connectivity index (χ4n) is 1.21. The number of carbonyl (C=O) groups excluding carboxylic acids is 1. The number of aromatic amines is 1. The largest absolute Gasteiger partial charge is 0.479 e. The van der Waals surface area contributed by atoms with Crippen LogP contribution in [-0.4, -0.2) is 33.4 Å². The number of hydrogen-bond acceptors (Lipinski definition) is 6. The summed E-state index contributed by atoms with van der Waals surface area (Å²) in [7, 11) is 1.50. The minimum absolute atomic E-state index is 0.183. The number of nitrogens with zero attached hydrogens (tertiary/aromatic N) is 3. The van der Waals surface area contributed by atoms with E-state index in [1.54, 1.807) is 6.07 Å². The second-order valence-electron chi connectivity index (χ2n) is 3.22. The molecule has 0 bridgehead atoms. The third kappa shape index (κ3) is 3.03. The van der Waals surface area contributed by atoms with Crippen LogP contribution in [0, 0.1) is 0 Å². The van der Waals surface area contributed by atoms with Crippen molar-refractivity contribution in [1.29, 1.82) is 0 Å². The van der Waals surface area contributed by atoms with Crippen LogP contribution in [0.15, 0.2) is 16.9 Å². The number of amides is 1. The van der Waals surface area contributed by atoms with Gasteiger partial charge in [-0.15, -0.1) is 0 Å². The molecule has 0 aliphatic rings. The molecule has 8 nitrogen and oxygen atoms in total. The summed E-state index contributed by atoms with van der Waals surface area (Å²) in [6, 6.07) is 1.64. The number of hydrogen-bond donors (Lipinski definition) is 2. The van der Waals surface area contributed by atoms with Crippen molar-refractivity contribution in [3.8, 4) is 5.88 Å². The van der Waals surface area contributed by atoms with E-state index in [0.29, 0.717) is 24.0 Å². The van der Waals surface area contributed by atoms with Crippen molar-refractivity contribution < 1.29 is 14.1 Å². The van der Waals surface area contributed by atoms with Crippen molar-refractivity contribution in [2.75, 3.05) is 12.4 Å². The van der Waals surface area contributed by atoms with E-state index in [9.17, 15) is 4.79 Å². The molecule has 0 atom stereocenters. The monoisotopic (exact) mass is 237 g/mol. The molecular weight excluding hydrogens is 226 g/mol. The van der Waals surface area contributed by atoms with E-state index in [1.165, 1.54) is 13.4 Å². The maximum absolute atomic E-state index is 11.5. The second kappa shape index (κ2) is 5.10. The summed E-state index contributed by atoms with van der Waals surface area (Å²) < 4.78 is 9.81. The predicted molar refractivity (Wildman–Crippen MR) is 56.4 cm³/mol. The molecule has 0 saturated carbocycles. The zero-order valence-corrected chi connectivity index (χ0v) is 9.14. The van der Waals surface area contributed by atoms with Crippen LogP contribution in [0.4, 0.5) is 5.95 Å². The smallest absolute Gasteiger partial charge is 0.254 e. The van der Waals surface area contributed by atoms with E-state index in [4.69, 9.17) is 9.26 Å². The van der Waals surface area contributed by atoms with Gasteiger partial charge in [0.15, 0.2) is 0 Å². The summed E-state index contributed by atoms with van der Waals surface area (Å²) in [4.78, 5) is 15.2. The van der Waals surface area contributed by atoms with Gasteiger partial charge in [0, 0.05) is 18.9 Å². The number of aryl methyl sites for hydroxylation is 1. The highest BCUT2D eigenvalue weighted by Crippen LogP contribution is 2.12. The Morgan fingerprint density at radius 1 is 1.65 bits per heavy atom. The molecule has 0 saturated heterocycles. The minimum Gasteiger partial charge on any atom is -0.479 e. The van der Waals surface area contributed by atoms with E-state index in [0.717, 1.165) is 0 Å². The Kier molecular flexibility index (Phi) is 3.34. The molecule has 0 aliphatic carbocycles. The molecule has 2 heterocycles. The molecule has 0 aromatic carbocycles. The number of H-pyrrole nitrogens is 1. The standard InChI is InChI=1S/C9H11N5O3/c1-16-8-4-6(17-14-8)2-3-7(15)12-9-10-5-11-13-9/h4-5H,2-3H2,1H3,(H2,10,11,12,13,15). The van der Waals surface area contributed by atoms with Gasteiger partial charge in [-0.1, -0.05) is 0 Å². The van der Waals surface area contributed by atoms with Gasteiger partial charge in [0.25, 0.3) is 5.88 Å². The lowest BCUT2D eigenvalue weighted by atomic mass is 10.2. The molecule has 0 spiro atoms. The molecule has 90 valence electrons. The average molecular weight is 237 g/mol. The Morgan fingerprint density at radius 2 is 2.53 bits per heavy atom. The fraction of sp³-hybridized carbons (Fsp3) is 0.333. The van der Waals surface area contributed by atoms with Gasteiger partial charge in [0.2, 0.25) is 11.9 Å². The number of ether oxygens (including phenoxy) is 1. The number of rotatable bonds is 5. The summed E-state index contributed by atoms with van der Waals surface area (Å²) in [5, 5.41) is 12.3. The summed E-state index contributed by atoms with van der Waals surface area (Å²) in [6.45, 7) is 0. The molecule has 17 heavy (non-hydrogen) atoms. The van der Waals surface area contributed by atoms with Crippen molar-refractivity contribution in [2.45, 2.75) is 12.8 Å². The maximum atomic E-state index is 11.5. The molecule has 2 aromatic heterocycles. The first kappa shape index (κ1) is 11.1. The first-order chi connectivity index (χ1) is 8.28. The van der Waals surface area contributed by atoms with Crippen LogP contribution in [0.25, 0.3) is 0 Å². The number of carbonyl (C=O) groups is 1. The maximum Gasteiger partial charge on any atom is 0.254 e. The number of methoxy groups -OCH3 is 1. The minimum atomic E-state index is -0.183. The number of anilines is 1. The van der Waals surface area contributed by atoms with Crippen LogP contribution in [-0.2, 0) is 11.2 Å². The normalized spacial score (nSPS) is 10.2. The number of aromatic nitrogens is 4. The lowest BCUT2D eigenvalue weighted by Crippen LogP contribution is -2.13. The lowest BCUT2D eigenvalue weighted by Gasteiger charge is -1.98. The highest BCUT2D eigenvalue weighted by molar-refractivity contribution is 5.88. The summed E-state index contributed by atoms with van der Waals surface area (Å²) in [5.74, 6) is 1.13. The zero-order valence-electron chi connectivity index (χ0n) is 9.14. The van der Waals surface area contributed by atoms with Crippen LogP contribution >= 0.6 is 0 Å². The highest BCUT2D eigenvalue weighted by atomic mass is 16.5. The van der Waals surface area contributed by atoms with E-state index < -0.39 is 0 Å². The van der Waals surface area contributed by atoms with Crippen LogP contribution < -0.4 is 10.1 Å². The third-order valence-corrected chi connectivity index (χ3v) is 2.02. The molecule has 0 radical (unpaired) electrons. The van der Waals surface area contributed by atoms with E-state index >= 15 is 0 Å². The van der Waals surface area contributed by atoms with Crippen LogP contribution in [0.5, 0.6) is 5.88 Å². The first-order valence-corrected chi connectivity index (χ1v) is 4.92. The first-order valence-electron chi connectivity index (χ1n) is 4.92. The third-order valence-electron chi connectivity index (χ3n) is 2.02. The molecule has 0 fully saturated rings. The Morgan fingerprint density at radius 3 is 3.18 bits per heavy atom. The van der Waals surface area contributed by atoms with Gasteiger partial charge in [-0.25, -0.2) is 5.10 Å². The van der Waals surface area contributed by atoms with Gasteiger partial charge in [-0.2, -0.15) is 10.1 Å². The van der Waals surface area contributed by atoms with Gasteiger partial charge in [-0.3, -0.25) is 10.1 Å². The molecule has 2 rings (SSSR count). The molecule has 2 N–H and O–H groups in total. The highest BCUT2D eigenvalue weighted by Gasteiger charge is 2.08. The van der Waals surface area contributed by atoms with Crippen molar-refractivity contribution in [3.63, 3.8) is 0 Å².